The fourth-order valence-electron chi connectivity index (χ4n) is 3.23. The highest BCUT2D eigenvalue weighted by Crippen LogP contribution is 2.32. The third-order valence-electron chi connectivity index (χ3n) is 4.74. The molecule has 0 aliphatic carbocycles. The number of amides is 1. The van der Waals surface area contributed by atoms with Crippen molar-refractivity contribution < 1.29 is 19.4 Å². The van der Waals surface area contributed by atoms with Crippen LogP contribution in [0.25, 0.3) is 0 Å². The maximum atomic E-state index is 11.6. The van der Waals surface area contributed by atoms with E-state index >= 15 is 0 Å². The average Bonchev–Trinajstić information content (AvgIpc) is 2.81. The molecule has 0 radical (unpaired) electrons. The van der Waals surface area contributed by atoms with Gasteiger partial charge in [-0.2, -0.15) is 0 Å². The van der Waals surface area contributed by atoms with Gasteiger partial charge in [0.2, 0.25) is 0 Å². The van der Waals surface area contributed by atoms with E-state index in [9.17, 15) is 9.90 Å². The summed E-state index contributed by atoms with van der Waals surface area (Å²) in [7, 11) is 0. The number of ether oxygens (including phenoxy) is 2. The summed E-state index contributed by atoms with van der Waals surface area (Å²) in [6, 6.07) is 9.96. The molecule has 1 fully saturated rings. The summed E-state index contributed by atoms with van der Waals surface area (Å²) >= 11 is 0. The van der Waals surface area contributed by atoms with Crippen molar-refractivity contribution in [2.75, 3.05) is 13.2 Å². The molecule has 1 heterocycles. The van der Waals surface area contributed by atoms with E-state index in [1.54, 1.807) is 13.8 Å². The number of benzene rings is 1. The lowest BCUT2D eigenvalue weighted by Crippen LogP contribution is -2.48. The van der Waals surface area contributed by atoms with Crippen LogP contribution in [-0.2, 0) is 16.1 Å². The highest BCUT2D eigenvalue weighted by atomic mass is 16.5. The summed E-state index contributed by atoms with van der Waals surface area (Å²) in [5.41, 5.74) is 0.389. The SMILES string of the molecule is CC(C)[C@@H](COCc1ccccc1)CC1COC(C)(C)N1C(=O)O. The van der Waals surface area contributed by atoms with Crippen molar-refractivity contribution >= 4 is 6.09 Å². The number of hydrogen-bond donors (Lipinski definition) is 1. The number of hydrogen-bond acceptors (Lipinski definition) is 3. The topological polar surface area (TPSA) is 59.0 Å². The second-order valence-electron chi connectivity index (χ2n) is 7.30. The van der Waals surface area contributed by atoms with Crippen molar-refractivity contribution in [2.24, 2.45) is 11.8 Å². The Hall–Kier alpha value is -1.59. The van der Waals surface area contributed by atoms with E-state index in [2.05, 4.69) is 13.8 Å². The molecule has 1 aromatic carbocycles. The lowest BCUT2D eigenvalue weighted by molar-refractivity contribution is -0.0432. The average molecular weight is 335 g/mol. The van der Waals surface area contributed by atoms with Gasteiger partial charge < -0.3 is 14.6 Å². The molecule has 1 amide bonds. The van der Waals surface area contributed by atoms with Crippen LogP contribution in [0.1, 0.15) is 39.7 Å². The largest absolute Gasteiger partial charge is 0.465 e. The van der Waals surface area contributed by atoms with Crippen molar-refractivity contribution in [3.05, 3.63) is 35.9 Å². The Morgan fingerprint density at radius 1 is 1.38 bits per heavy atom. The molecule has 2 rings (SSSR count). The Labute approximate surface area is 144 Å². The zero-order chi connectivity index (χ0) is 17.7. The summed E-state index contributed by atoms with van der Waals surface area (Å²) in [5.74, 6) is 0.707. The highest BCUT2D eigenvalue weighted by molar-refractivity contribution is 5.66. The van der Waals surface area contributed by atoms with E-state index in [-0.39, 0.29) is 12.0 Å². The Bertz CT molecular complexity index is 529. The highest BCUT2D eigenvalue weighted by Gasteiger charge is 2.44. The van der Waals surface area contributed by atoms with Crippen LogP contribution in [0.15, 0.2) is 30.3 Å². The minimum absolute atomic E-state index is 0.120. The van der Waals surface area contributed by atoms with Crippen LogP contribution in [-0.4, -0.2) is 41.1 Å². The third-order valence-corrected chi connectivity index (χ3v) is 4.74. The van der Waals surface area contributed by atoms with Gasteiger partial charge in [-0.05, 0) is 37.7 Å². The Balaban J connectivity index is 1.92. The first-order chi connectivity index (χ1) is 11.3. The number of rotatable bonds is 7. The second kappa shape index (κ2) is 7.99. The van der Waals surface area contributed by atoms with E-state index in [4.69, 9.17) is 9.47 Å². The lowest BCUT2D eigenvalue weighted by atomic mass is 9.89. The smallest absolute Gasteiger partial charge is 0.409 e. The predicted octanol–water partition coefficient (Wildman–Crippen LogP) is 3.98. The molecule has 0 saturated carbocycles. The first kappa shape index (κ1) is 18.7. The Morgan fingerprint density at radius 2 is 2.04 bits per heavy atom. The molecule has 1 aliphatic rings. The first-order valence-electron chi connectivity index (χ1n) is 8.59. The van der Waals surface area contributed by atoms with Crippen LogP contribution >= 0.6 is 0 Å². The van der Waals surface area contributed by atoms with Crippen molar-refractivity contribution in [3.8, 4) is 0 Å². The fourth-order valence-corrected chi connectivity index (χ4v) is 3.23. The molecule has 1 N–H and O–H groups in total. The number of nitrogens with zero attached hydrogens (tertiary/aromatic N) is 1. The zero-order valence-electron chi connectivity index (χ0n) is 15.1. The number of carboxylic acid groups (broad SMARTS) is 1. The molecule has 0 spiro atoms. The van der Waals surface area contributed by atoms with E-state index in [0.717, 1.165) is 12.0 Å². The molecule has 1 aliphatic heterocycles. The third kappa shape index (κ3) is 4.71. The van der Waals surface area contributed by atoms with Crippen molar-refractivity contribution in [3.63, 3.8) is 0 Å². The van der Waals surface area contributed by atoms with E-state index < -0.39 is 11.8 Å². The minimum Gasteiger partial charge on any atom is -0.465 e. The molecular formula is C19H29NO4. The van der Waals surface area contributed by atoms with E-state index in [1.165, 1.54) is 4.90 Å². The Kier molecular flexibility index (Phi) is 6.24. The lowest BCUT2D eigenvalue weighted by Gasteiger charge is -2.33. The maximum Gasteiger partial charge on any atom is 0.409 e. The Morgan fingerprint density at radius 3 is 2.62 bits per heavy atom. The van der Waals surface area contributed by atoms with E-state index in [1.807, 2.05) is 30.3 Å². The van der Waals surface area contributed by atoms with Gasteiger partial charge in [-0.25, -0.2) is 4.79 Å². The van der Waals surface area contributed by atoms with Gasteiger partial charge in [-0.3, -0.25) is 4.90 Å². The molecule has 5 heteroatoms. The maximum absolute atomic E-state index is 11.6. The predicted molar refractivity (Wildman–Crippen MR) is 92.7 cm³/mol. The van der Waals surface area contributed by atoms with Crippen molar-refractivity contribution in [1.29, 1.82) is 0 Å². The van der Waals surface area contributed by atoms with Crippen LogP contribution in [0.2, 0.25) is 0 Å². The van der Waals surface area contributed by atoms with Crippen molar-refractivity contribution in [2.45, 2.75) is 52.5 Å². The molecule has 1 aromatic rings. The summed E-state index contributed by atoms with van der Waals surface area (Å²) in [4.78, 5) is 13.0. The van der Waals surface area contributed by atoms with Gasteiger partial charge >= 0.3 is 6.09 Å². The van der Waals surface area contributed by atoms with Gasteiger partial charge in [0.1, 0.15) is 5.72 Å². The van der Waals surface area contributed by atoms with Gasteiger partial charge in [0.15, 0.2) is 0 Å². The van der Waals surface area contributed by atoms with Crippen LogP contribution in [0.3, 0.4) is 0 Å². The van der Waals surface area contributed by atoms with Crippen molar-refractivity contribution in [1.82, 2.24) is 4.90 Å². The van der Waals surface area contributed by atoms with Gasteiger partial charge in [0.25, 0.3) is 0 Å². The molecule has 134 valence electrons. The summed E-state index contributed by atoms with van der Waals surface area (Å²) in [6.07, 6.45) is -0.169. The van der Waals surface area contributed by atoms with Gasteiger partial charge in [-0.1, -0.05) is 44.2 Å². The van der Waals surface area contributed by atoms with Crippen LogP contribution in [0, 0.1) is 11.8 Å². The van der Waals surface area contributed by atoms with Gasteiger partial charge in [0, 0.05) is 0 Å². The minimum atomic E-state index is -0.921. The molecule has 1 unspecified atom stereocenters. The van der Waals surface area contributed by atoms with E-state index in [0.29, 0.717) is 25.7 Å². The van der Waals surface area contributed by atoms with Crippen LogP contribution in [0.5, 0.6) is 0 Å². The molecule has 24 heavy (non-hydrogen) atoms. The fraction of sp³-hybridized carbons (Fsp3) is 0.632. The van der Waals surface area contributed by atoms with Crippen LogP contribution in [0.4, 0.5) is 4.79 Å². The van der Waals surface area contributed by atoms with Crippen LogP contribution < -0.4 is 0 Å². The summed E-state index contributed by atoms with van der Waals surface area (Å²) in [6.45, 7) is 9.57. The molecule has 5 nitrogen and oxygen atoms in total. The molecule has 1 saturated heterocycles. The first-order valence-corrected chi connectivity index (χ1v) is 8.59. The van der Waals surface area contributed by atoms with Gasteiger partial charge in [0.05, 0.1) is 25.9 Å². The monoisotopic (exact) mass is 335 g/mol. The second-order valence-corrected chi connectivity index (χ2v) is 7.30. The molecule has 0 bridgehead atoms. The quantitative estimate of drug-likeness (QED) is 0.819. The van der Waals surface area contributed by atoms with Gasteiger partial charge in [-0.15, -0.1) is 0 Å². The normalized spacial score (nSPS) is 21.2. The number of carbonyl (C=O) groups is 1. The summed E-state index contributed by atoms with van der Waals surface area (Å²) < 4.78 is 11.6. The molecule has 0 aromatic heterocycles. The molecule has 2 atom stereocenters. The standard InChI is InChI=1S/C19H29NO4/c1-14(2)16(12-23-11-15-8-6-5-7-9-15)10-17-13-24-19(3,4)20(17)18(21)22/h5-9,14,16-17H,10-13H2,1-4H3,(H,21,22)/t16-,17?/m1/s1. The molecular weight excluding hydrogens is 306 g/mol. The zero-order valence-corrected chi connectivity index (χ0v) is 15.1. The summed E-state index contributed by atoms with van der Waals surface area (Å²) in [5, 5.41) is 9.51.